The van der Waals surface area contributed by atoms with Gasteiger partial charge in [0.1, 0.15) is 36.4 Å². The Hall–Kier alpha value is -2.64. The molecule has 0 bridgehead atoms. The van der Waals surface area contributed by atoms with Crippen LogP contribution in [0.25, 0.3) is 11.0 Å². The molecule has 1 aliphatic heterocycles. The van der Waals surface area contributed by atoms with E-state index in [-0.39, 0.29) is 12.3 Å². The summed E-state index contributed by atoms with van der Waals surface area (Å²) in [5.74, 6) is 1.67. The standard InChI is InChI=1S/C19H23N5O2/c1-12-7-17(24-6-5-15-18(21)22-11-23-19(15)24)26-16(12)10-25-14-4-2-3-13(8-14)9-20/h2-6,8,11-12,16-17H,7,9-10,20H2,1H3,(H2,21,22,23). The van der Waals surface area contributed by atoms with E-state index in [4.69, 9.17) is 20.9 Å². The Labute approximate surface area is 151 Å². The molecule has 1 aromatic carbocycles. The summed E-state index contributed by atoms with van der Waals surface area (Å²) in [5, 5.41) is 0.849. The van der Waals surface area contributed by atoms with Gasteiger partial charge < -0.3 is 25.5 Å². The Kier molecular flexibility index (Phi) is 4.48. The Morgan fingerprint density at radius 3 is 3.04 bits per heavy atom. The second kappa shape index (κ2) is 6.93. The van der Waals surface area contributed by atoms with Gasteiger partial charge in [-0.1, -0.05) is 19.1 Å². The van der Waals surface area contributed by atoms with E-state index >= 15 is 0 Å². The zero-order valence-corrected chi connectivity index (χ0v) is 14.7. The molecule has 0 saturated carbocycles. The minimum absolute atomic E-state index is 0.0122. The van der Waals surface area contributed by atoms with E-state index in [1.54, 1.807) is 0 Å². The van der Waals surface area contributed by atoms with Crippen molar-refractivity contribution in [2.75, 3.05) is 12.3 Å². The average Bonchev–Trinajstić information content (AvgIpc) is 3.24. The van der Waals surface area contributed by atoms with E-state index in [1.807, 2.05) is 41.1 Å². The van der Waals surface area contributed by atoms with Crippen LogP contribution in [-0.2, 0) is 11.3 Å². The van der Waals surface area contributed by atoms with Crippen LogP contribution in [0, 0.1) is 5.92 Å². The number of nitrogens with two attached hydrogens (primary N) is 2. The van der Waals surface area contributed by atoms with Crippen molar-refractivity contribution in [3.05, 3.63) is 48.4 Å². The number of benzene rings is 1. The van der Waals surface area contributed by atoms with E-state index in [0.29, 0.717) is 24.9 Å². The van der Waals surface area contributed by atoms with Crippen LogP contribution in [0.15, 0.2) is 42.9 Å². The van der Waals surface area contributed by atoms with Crippen LogP contribution in [0.5, 0.6) is 5.75 Å². The number of fused-ring (bicyclic) bond motifs is 1. The topological polar surface area (TPSA) is 101 Å². The highest BCUT2D eigenvalue weighted by atomic mass is 16.6. The third kappa shape index (κ3) is 3.11. The monoisotopic (exact) mass is 353 g/mol. The van der Waals surface area contributed by atoms with E-state index < -0.39 is 0 Å². The van der Waals surface area contributed by atoms with Gasteiger partial charge in [0.25, 0.3) is 0 Å². The van der Waals surface area contributed by atoms with Crippen molar-refractivity contribution < 1.29 is 9.47 Å². The molecule has 3 atom stereocenters. The highest BCUT2D eigenvalue weighted by Crippen LogP contribution is 2.35. The molecule has 2 aromatic heterocycles. The SMILES string of the molecule is CC1CC(n2ccc3c(N)ncnc32)OC1COc1cccc(CN)c1. The van der Waals surface area contributed by atoms with Crippen molar-refractivity contribution in [1.29, 1.82) is 0 Å². The number of hydrogen-bond acceptors (Lipinski definition) is 6. The quantitative estimate of drug-likeness (QED) is 0.731. The van der Waals surface area contributed by atoms with E-state index in [9.17, 15) is 0 Å². The van der Waals surface area contributed by atoms with E-state index in [2.05, 4.69) is 16.9 Å². The van der Waals surface area contributed by atoms with Crippen molar-refractivity contribution in [2.24, 2.45) is 11.7 Å². The molecule has 4 N–H and O–H groups in total. The number of nitrogens with zero attached hydrogens (tertiary/aromatic N) is 3. The minimum Gasteiger partial charge on any atom is -0.491 e. The lowest BCUT2D eigenvalue weighted by molar-refractivity contribution is -0.0224. The molecule has 4 rings (SSSR count). The van der Waals surface area contributed by atoms with E-state index in [0.717, 1.165) is 28.8 Å². The number of hydrogen-bond donors (Lipinski definition) is 2. The van der Waals surface area contributed by atoms with Crippen LogP contribution in [0.4, 0.5) is 5.82 Å². The fourth-order valence-electron chi connectivity index (χ4n) is 3.41. The molecule has 26 heavy (non-hydrogen) atoms. The molecule has 0 spiro atoms. The largest absolute Gasteiger partial charge is 0.491 e. The van der Waals surface area contributed by atoms with Gasteiger partial charge in [-0.25, -0.2) is 9.97 Å². The number of anilines is 1. The summed E-state index contributed by atoms with van der Waals surface area (Å²) in [4.78, 5) is 8.40. The third-order valence-corrected chi connectivity index (χ3v) is 4.94. The maximum absolute atomic E-state index is 6.26. The molecule has 0 radical (unpaired) electrons. The average molecular weight is 353 g/mol. The van der Waals surface area contributed by atoms with Crippen molar-refractivity contribution in [1.82, 2.24) is 14.5 Å². The Balaban J connectivity index is 1.46. The van der Waals surface area contributed by atoms with E-state index in [1.165, 1.54) is 6.33 Å². The Morgan fingerprint density at radius 1 is 1.31 bits per heavy atom. The van der Waals surface area contributed by atoms with Gasteiger partial charge in [0.15, 0.2) is 0 Å². The zero-order valence-electron chi connectivity index (χ0n) is 14.7. The summed E-state index contributed by atoms with van der Waals surface area (Å²) < 4.78 is 14.2. The molecule has 136 valence electrons. The summed E-state index contributed by atoms with van der Waals surface area (Å²) in [7, 11) is 0. The third-order valence-electron chi connectivity index (χ3n) is 4.94. The molecule has 1 fully saturated rings. The first-order valence-corrected chi connectivity index (χ1v) is 8.80. The molecule has 1 aliphatic rings. The van der Waals surface area contributed by atoms with Crippen LogP contribution in [0.2, 0.25) is 0 Å². The Bertz CT molecular complexity index is 910. The predicted octanol–water partition coefficient (Wildman–Crippen LogP) is 2.47. The lowest BCUT2D eigenvalue weighted by Crippen LogP contribution is -2.23. The number of ether oxygens (including phenoxy) is 2. The molecular formula is C19H23N5O2. The second-order valence-electron chi connectivity index (χ2n) is 6.72. The first-order valence-electron chi connectivity index (χ1n) is 8.80. The molecular weight excluding hydrogens is 330 g/mol. The number of aromatic nitrogens is 3. The summed E-state index contributed by atoms with van der Waals surface area (Å²) in [6, 6.07) is 9.78. The number of rotatable bonds is 5. The summed E-state index contributed by atoms with van der Waals surface area (Å²) >= 11 is 0. The maximum Gasteiger partial charge on any atom is 0.147 e. The minimum atomic E-state index is -0.0826. The van der Waals surface area contributed by atoms with Crippen molar-refractivity contribution >= 4 is 16.9 Å². The van der Waals surface area contributed by atoms with Crippen LogP contribution in [-0.4, -0.2) is 27.2 Å². The van der Waals surface area contributed by atoms with Crippen molar-refractivity contribution in [3.63, 3.8) is 0 Å². The first kappa shape index (κ1) is 16.8. The molecule has 7 heteroatoms. The van der Waals surface area contributed by atoms with Gasteiger partial charge in [0, 0.05) is 12.7 Å². The summed E-state index contributed by atoms with van der Waals surface area (Å²) in [5.41, 5.74) is 13.5. The molecule has 0 aliphatic carbocycles. The lowest BCUT2D eigenvalue weighted by Gasteiger charge is -2.17. The Morgan fingerprint density at radius 2 is 2.19 bits per heavy atom. The molecule has 0 amide bonds. The van der Waals surface area contributed by atoms with Crippen LogP contribution < -0.4 is 16.2 Å². The summed E-state index contributed by atoms with van der Waals surface area (Å²) in [6.07, 6.45) is 4.27. The van der Waals surface area contributed by atoms with Gasteiger partial charge in [-0.15, -0.1) is 0 Å². The van der Waals surface area contributed by atoms with Crippen LogP contribution >= 0.6 is 0 Å². The van der Waals surface area contributed by atoms with Crippen LogP contribution in [0.3, 0.4) is 0 Å². The zero-order chi connectivity index (χ0) is 18.1. The second-order valence-corrected chi connectivity index (χ2v) is 6.72. The normalized spacial score (nSPS) is 22.8. The first-order chi connectivity index (χ1) is 12.7. The molecule has 1 saturated heterocycles. The maximum atomic E-state index is 6.26. The van der Waals surface area contributed by atoms with Gasteiger partial charge in [0.2, 0.25) is 0 Å². The molecule has 3 aromatic rings. The lowest BCUT2D eigenvalue weighted by atomic mass is 10.0. The highest BCUT2D eigenvalue weighted by Gasteiger charge is 2.34. The highest BCUT2D eigenvalue weighted by molar-refractivity contribution is 5.86. The van der Waals surface area contributed by atoms with Gasteiger partial charge in [-0.2, -0.15) is 0 Å². The van der Waals surface area contributed by atoms with Gasteiger partial charge in [-0.05, 0) is 36.1 Å². The fraction of sp³-hybridized carbons (Fsp3) is 0.368. The van der Waals surface area contributed by atoms with Gasteiger partial charge in [-0.3, -0.25) is 0 Å². The predicted molar refractivity (Wildman–Crippen MR) is 99.5 cm³/mol. The van der Waals surface area contributed by atoms with Crippen LogP contribution in [0.1, 0.15) is 25.1 Å². The molecule has 3 heterocycles. The molecule has 7 nitrogen and oxygen atoms in total. The van der Waals surface area contributed by atoms with Crippen molar-refractivity contribution in [2.45, 2.75) is 32.2 Å². The van der Waals surface area contributed by atoms with Gasteiger partial charge >= 0.3 is 0 Å². The number of nitrogen functional groups attached to an aromatic ring is 1. The van der Waals surface area contributed by atoms with Gasteiger partial charge in [0.05, 0.1) is 11.5 Å². The smallest absolute Gasteiger partial charge is 0.147 e. The fourth-order valence-corrected chi connectivity index (χ4v) is 3.41. The summed E-state index contributed by atoms with van der Waals surface area (Å²) in [6.45, 7) is 3.18. The molecule has 3 unspecified atom stereocenters. The van der Waals surface area contributed by atoms with Crippen molar-refractivity contribution in [3.8, 4) is 5.75 Å².